The van der Waals surface area contributed by atoms with Gasteiger partial charge in [0.2, 0.25) is 0 Å². The standard InChI is InChI=1S/C20H19N3O3S/c1-3-26-16-10-9-13(11-17(16)25-2)18-22-19(24)15(12-21)20(27)23(18)14-7-5-4-6-8-14/h4-11,18,27H,3H2,1-2H3,(H,22,24)/t18-/m1/s1. The molecule has 1 N–H and O–H groups in total. The average Bonchev–Trinajstić information content (AvgIpc) is 2.69. The lowest BCUT2D eigenvalue weighted by atomic mass is 10.1. The molecule has 6 nitrogen and oxygen atoms in total. The van der Waals surface area contributed by atoms with Crippen LogP contribution in [0.4, 0.5) is 5.69 Å². The molecule has 1 aliphatic heterocycles. The van der Waals surface area contributed by atoms with Crippen LogP contribution < -0.4 is 19.7 Å². The minimum absolute atomic E-state index is 0.0312. The number of nitrogens with zero attached hydrogens (tertiary/aromatic N) is 2. The fourth-order valence-electron chi connectivity index (χ4n) is 2.93. The van der Waals surface area contributed by atoms with Gasteiger partial charge in [-0.1, -0.05) is 24.3 Å². The van der Waals surface area contributed by atoms with Crippen LogP contribution in [0.1, 0.15) is 18.7 Å². The molecule has 1 aliphatic rings. The van der Waals surface area contributed by atoms with Crippen molar-refractivity contribution in [3.63, 3.8) is 0 Å². The first-order valence-electron chi connectivity index (χ1n) is 8.40. The summed E-state index contributed by atoms with van der Waals surface area (Å²) in [7, 11) is 1.56. The normalized spacial score (nSPS) is 16.6. The van der Waals surface area contributed by atoms with E-state index in [9.17, 15) is 10.1 Å². The number of ether oxygens (including phenoxy) is 2. The van der Waals surface area contributed by atoms with Gasteiger partial charge in [-0.2, -0.15) is 5.26 Å². The van der Waals surface area contributed by atoms with Crippen LogP contribution in [0.5, 0.6) is 11.5 Å². The van der Waals surface area contributed by atoms with Gasteiger partial charge in [0, 0.05) is 5.69 Å². The molecule has 0 saturated heterocycles. The number of amides is 1. The summed E-state index contributed by atoms with van der Waals surface area (Å²) in [5.41, 5.74) is 1.54. The first kappa shape index (κ1) is 18.7. The second kappa shape index (κ2) is 8.06. The van der Waals surface area contributed by atoms with Crippen molar-refractivity contribution in [2.75, 3.05) is 18.6 Å². The number of nitriles is 1. The molecule has 2 aromatic carbocycles. The van der Waals surface area contributed by atoms with Gasteiger partial charge in [-0.15, -0.1) is 12.6 Å². The summed E-state index contributed by atoms with van der Waals surface area (Å²) in [6.45, 7) is 2.41. The van der Waals surface area contributed by atoms with Crippen LogP contribution in [-0.2, 0) is 4.79 Å². The van der Waals surface area contributed by atoms with E-state index in [1.807, 2.05) is 55.5 Å². The maximum Gasteiger partial charge on any atom is 0.266 e. The summed E-state index contributed by atoms with van der Waals surface area (Å²) >= 11 is 4.48. The predicted octanol–water partition coefficient (Wildman–Crippen LogP) is 3.39. The van der Waals surface area contributed by atoms with Crippen molar-refractivity contribution in [3.8, 4) is 17.6 Å². The van der Waals surface area contributed by atoms with Crippen LogP contribution in [0.3, 0.4) is 0 Å². The third-order valence-electron chi connectivity index (χ3n) is 4.15. The summed E-state index contributed by atoms with van der Waals surface area (Å²) < 4.78 is 11.0. The second-order valence-corrected chi connectivity index (χ2v) is 6.16. The van der Waals surface area contributed by atoms with E-state index in [2.05, 4.69) is 17.9 Å². The number of rotatable bonds is 5. The maximum atomic E-state index is 12.4. The molecule has 0 fully saturated rings. The van der Waals surface area contributed by atoms with Crippen molar-refractivity contribution in [3.05, 3.63) is 64.7 Å². The Bertz CT molecular complexity index is 922. The molecule has 0 unspecified atom stereocenters. The van der Waals surface area contributed by atoms with Crippen molar-refractivity contribution in [1.82, 2.24) is 5.32 Å². The molecule has 0 aliphatic carbocycles. The van der Waals surface area contributed by atoms with Crippen LogP contribution in [-0.4, -0.2) is 19.6 Å². The van der Waals surface area contributed by atoms with Gasteiger partial charge >= 0.3 is 0 Å². The molecule has 1 atom stereocenters. The fourth-order valence-corrected chi connectivity index (χ4v) is 3.31. The number of hydrogen-bond donors (Lipinski definition) is 2. The number of carbonyl (C=O) groups is 1. The SMILES string of the molecule is CCOc1ccc([C@@H]2NC(=O)C(C#N)=C(S)N2c2ccccc2)cc1OC. The van der Waals surface area contributed by atoms with Crippen molar-refractivity contribution < 1.29 is 14.3 Å². The number of nitrogens with one attached hydrogen (secondary N) is 1. The van der Waals surface area contributed by atoms with E-state index in [-0.39, 0.29) is 5.57 Å². The molecule has 3 rings (SSSR count). The molecule has 2 aromatic rings. The molecule has 1 heterocycles. The molecule has 7 heteroatoms. The lowest BCUT2D eigenvalue weighted by Crippen LogP contribution is -2.46. The molecule has 0 saturated carbocycles. The highest BCUT2D eigenvalue weighted by molar-refractivity contribution is 7.84. The van der Waals surface area contributed by atoms with E-state index in [4.69, 9.17) is 9.47 Å². The van der Waals surface area contributed by atoms with Gasteiger partial charge in [-0.25, -0.2) is 0 Å². The van der Waals surface area contributed by atoms with E-state index in [0.717, 1.165) is 11.3 Å². The number of hydrogen-bond acceptors (Lipinski definition) is 6. The topological polar surface area (TPSA) is 74.6 Å². The van der Waals surface area contributed by atoms with Crippen molar-refractivity contribution in [2.24, 2.45) is 0 Å². The number of methoxy groups -OCH3 is 1. The first-order chi connectivity index (χ1) is 13.1. The zero-order valence-electron chi connectivity index (χ0n) is 15.0. The summed E-state index contributed by atoms with van der Waals surface area (Å²) in [6, 6.07) is 16.8. The van der Waals surface area contributed by atoms with Gasteiger partial charge in [0.25, 0.3) is 5.91 Å². The number of para-hydroxylation sites is 1. The molecule has 27 heavy (non-hydrogen) atoms. The fraction of sp³-hybridized carbons (Fsp3) is 0.200. The van der Waals surface area contributed by atoms with E-state index in [0.29, 0.717) is 23.1 Å². The summed E-state index contributed by atoms with van der Waals surface area (Å²) in [5.74, 6) is 0.719. The van der Waals surface area contributed by atoms with Crippen molar-refractivity contribution >= 4 is 24.2 Å². The number of carbonyl (C=O) groups excluding carboxylic acids is 1. The van der Waals surface area contributed by atoms with Crippen molar-refractivity contribution in [2.45, 2.75) is 13.1 Å². The average molecular weight is 381 g/mol. The molecule has 0 radical (unpaired) electrons. The quantitative estimate of drug-likeness (QED) is 0.777. The maximum absolute atomic E-state index is 12.4. The smallest absolute Gasteiger partial charge is 0.266 e. The second-order valence-electron chi connectivity index (χ2n) is 5.74. The molecule has 1 amide bonds. The van der Waals surface area contributed by atoms with Gasteiger partial charge in [-0.3, -0.25) is 4.79 Å². The van der Waals surface area contributed by atoms with Gasteiger partial charge in [-0.05, 0) is 36.8 Å². The number of anilines is 1. The summed E-state index contributed by atoms with van der Waals surface area (Å²) in [5, 5.41) is 12.5. The van der Waals surface area contributed by atoms with E-state index >= 15 is 0 Å². The van der Waals surface area contributed by atoms with Crippen LogP contribution in [0.2, 0.25) is 0 Å². The number of thiol groups is 1. The molecule has 0 bridgehead atoms. The minimum Gasteiger partial charge on any atom is -0.493 e. The summed E-state index contributed by atoms with van der Waals surface area (Å²) in [4.78, 5) is 14.2. The third-order valence-corrected chi connectivity index (χ3v) is 4.59. The van der Waals surface area contributed by atoms with Gasteiger partial charge in [0.05, 0.1) is 18.7 Å². The Hall–Kier alpha value is -3.11. The van der Waals surface area contributed by atoms with Crippen molar-refractivity contribution in [1.29, 1.82) is 5.26 Å². The van der Waals surface area contributed by atoms with E-state index in [1.54, 1.807) is 18.1 Å². The Labute approximate surface area is 163 Å². The Morgan fingerprint density at radius 3 is 2.59 bits per heavy atom. The van der Waals surface area contributed by atoms with Crippen LogP contribution >= 0.6 is 12.6 Å². The van der Waals surface area contributed by atoms with Crippen LogP contribution in [0, 0.1) is 11.3 Å². The highest BCUT2D eigenvalue weighted by atomic mass is 32.1. The van der Waals surface area contributed by atoms with E-state index < -0.39 is 12.1 Å². The van der Waals surface area contributed by atoms with Gasteiger partial charge < -0.3 is 19.7 Å². The lowest BCUT2D eigenvalue weighted by Gasteiger charge is -2.38. The monoisotopic (exact) mass is 381 g/mol. The molecular formula is C20H19N3O3S. The van der Waals surface area contributed by atoms with Gasteiger partial charge in [0.15, 0.2) is 11.5 Å². The zero-order chi connectivity index (χ0) is 19.4. The van der Waals surface area contributed by atoms with E-state index in [1.165, 1.54) is 0 Å². The van der Waals surface area contributed by atoms with Crippen LogP contribution in [0.15, 0.2) is 59.1 Å². The first-order valence-corrected chi connectivity index (χ1v) is 8.84. The third kappa shape index (κ3) is 3.57. The molecule has 0 aromatic heterocycles. The predicted molar refractivity (Wildman–Crippen MR) is 106 cm³/mol. The van der Waals surface area contributed by atoms with Crippen LogP contribution in [0.25, 0.3) is 0 Å². The highest BCUT2D eigenvalue weighted by Crippen LogP contribution is 2.38. The largest absolute Gasteiger partial charge is 0.493 e. The molecular weight excluding hydrogens is 362 g/mol. The minimum atomic E-state index is -0.547. The Morgan fingerprint density at radius 2 is 1.96 bits per heavy atom. The Kier molecular flexibility index (Phi) is 5.57. The summed E-state index contributed by atoms with van der Waals surface area (Å²) in [6.07, 6.45) is -0.547. The highest BCUT2D eigenvalue weighted by Gasteiger charge is 2.34. The zero-order valence-corrected chi connectivity index (χ0v) is 15.9. The number of benzene rings is 2. The molecule has 138 valence electrons. The lowest BCUT2D eigenvalue weighted by molar-refractivity contribution is -0.118. The molecule has 0 spiro atoms. The Morgan fingerprint density at radius 1 is 1.22 bits per heavy atom. The Balaban J connectivity index is 2.12. The van der Waals surface area contributed by atoms with Gasteiger partial charge in [0.1, 0.15) is 17.8 Å².